The van der Waals surface area contributed by atoms with Gasteiger partial charge in [-0.15, -0.1) is 38.0 Å². The molecule has 10 heteroatoms. The average molecular weight is 523 g/mol. The Labute approximate surface area is 187 Å². The Bertz CT molecular complexity index is 757. The van der Waals surface area contributed by atoms with Gasteiger partial charge in [-0.05, 0) is 41.5 Å². The molecule has 0 radical (unpaired) electrons. The highest BCUT2D eigenvalue weighted by Gasteiger charge is 2.31. The van der Waals surface area contributed by atoms with E-state index in [-0.39, 0.29) is 36.6 Å². The van der Waals surface area contributed by atoms with Crippen LogP contribution in [0.5, 0.6) is 5.75 Å². The van der Waals surface area contributed by atoms with Crippen LogP contribution in [0.4, 0.5) is 13.2 Å². The summed E-state index contributed by atoms with van der Waals surface area (Å²) in [4.78, 5) is 2.27. The fraction of sp³-hybridized carbons (Fsp3) is 0.333. The summed E-state index contributed by atoms with van der Waals surface area (Å²) in [5.41, 5.74) is 1.77. The molecule has 3 nitrogen and oxygen atoms in total. The third kappa shape index (κ3) is 6.68. The second-order valence-corrected chi connectivity index (χ2v) is 7.29. The lowest BCUT2D eigenvalue weighted by atomic mass is 9.96. The molecule has 1 fully saturated rings. The Balaban J connectivity index is 0.00000196. The van der Waals surface area contributed by atoms with E-state index in [0.29, 0.717) is 5.02 Å². The second kappa shape index (κ2) is 10.9. The Morgan fingerprint density at radius 3 is 2.21 bits per heavy atom. The van der Waals surface area contributed by atoms with Crippen LogP contribution < -0.4 is 10.1 Å². The second-order valence-electron chi connectivity index (χ2n) is 5.97. The van der Waals surface area contributed by atoms with Crippen LogP contribution in [0.2, 0.25) is 5.02 Å². The SMILES string of the molecule is Cl.Cl.FC(F)(F)Oc1ccc([C@H](c2cc(Br)ccc2Cl)N2CCNCC2)cc1. The van der Waals surface area contributed by atoms with Crippen molar-refractivity contribution < 1.29 is 17.9 Å². The summed E-state index contributed by atoms with van der Waals surface area (Å²) in [6.07, 6.45) is -4.70. The maximum Gasteiger partial charge on any atom is 0.573 e. The summed E-state index contributed by atoms with van der Waals surface area (Å²) >= 11 is 9.91. The third-order valence-electron chi connectivity index (χ3n) is 4.20. The van der Waals surface area contributed by atoms with Gasteiger partial charge in [0.2, 0.25) is 0 Å². The van der Waals surface area contributed by atoms with Crippen LogP contribution in [0.1, 0.15) is 17.2 Å². The minimum Gasteiger partial charge on any atom is -0.406 e. The van der Waals surface area contributed by atoms with Crippen LogP contribution in [0.15, 0.2) is 46.9 Å². The molecule has 1 heterocycles. The molecular formula is C18H19BrCl3F3N2O. The predicted octanol–water partition coefficient (Wildman–Crippen LogP) is 5.84. The number of hydrogen-bond donors (Lipinski definition) is 1. The highest BCUT2D eigenvalue weighted by molar-refractivity contribution is 9.10. The maximum absolute atomic E-state index is 12.4. The van der Waals surface area contributed by atoms with Gasteiger partial charge in [-0.3, -0.25) is 4.90 Å². The number of hydrogen-bond acceptors (Lipinski definition) is 3. The molecule has 1 aliphatic rings. The van der Waals surface area contributed by atoms with Crippen LogP contribution in [0.25, 0.3) is 0 Å². The van der Waals surface area contributed by atoms with Crippen LogP contribution in [0.3, 0.4) is 0 Å². The molecule has 0 aromatic heterocycles. The number of rotatable bonds is 4. The minimum atomic E-state index is -4.70. The first-order chi connectivity index (χ1) is 12.3. The quantitative estimate of drug-likeness (QED) is 0.546. The summed E-state index contributed by atoms with van der Waals surface area (Å²) in [5.74, 6) is -0.236. The lowest BCUT2D eigenvalue weighted by Gasteiger charge is -2.36. The van der Waals surface area contributed by atoms with Gasteiger partial charge in [0.25, 0.3) is 0 Å². The first kappa shape index (κ1) is 25.3. The zero-order chi connectivity index (χ0) is 18.7. The average Bonchev–Trinajstić information content (AvgIpc) is 2.59. The molecule has 2 aromatic rings. The normalized spacial score (nSPS) is 15.9. The first-order valence-electron chi connectivity index (χ1n) is 8.09. The molecule has 156 valence electrons. The molecular weight excluding hydrogens is 503 g/mol. The molecule has 1 saturated heterocycles. The number of benzene rings is 2. The van der Waals surface area contributed by atoms with Crippen molar-refractivity contribution in [2.75, 3.05) is 26.2 Å². The highest BCUT2D eigenvalue weighted by Crippen LogP contribution is 2.36. The van der Waals surface area contributed by atoms with Gasteiger partial charge in [0.1, 0.15) is 5.75 Å². The van der Waals surface area contributed by atoms with Crippen molar-refractivity contribution >= 4 is 52.3 Å². The number of ether oxygens (including phenoxy) is 1. The molecule has 1 N–H and O–H groups in total. The maximum atomic E-state index is 12.4. The summed E-state index contributed by atoms with van der Waals surface area (Å²) in [5, 5.41) is 3.92. The Morgan fingerprint density at radius 2 is 1.64 bits per heavy atom. The molecule has 2 aromatic carbocycles. The number of nitrogens with one attached hydrogen (secondary N) is 1. The number of piperazine rings is 1. The number of halogens is 7. The Kier molecular flexibility index (Phi) is 9.86. The summed E-state index contributed by atoms with van der Waals surface area (Å²) < 4.78 is 42.1. The van der Waals surface area contributed by atoms with E-state index in [0.717, 1.165) is 41.8 Å². The van der Waals surface area contributed by atoms with E-state index < -0.39 is 6.36 Å². The van der Waals surface area contributed by atoms with Crippen molar-refractivity contribution in [3.8, 4) is 5.75 Å². The molecule has 0 unspecified atom stereocenters. The van der Waals surface area contributed by atoms with Crippen molar-refractivity contribution in [1.29, 1.82) is 0 Å². The van der Waals surface area contributed by atoms with E-state index in [1.807, 2.05) is 18.2 Å². The molecule has 28 heavy (non-hydrogen) atoms. The zero-order valence-electron chi connectivity index (χ0n) is 14.5. The topological polar surface area (TPSA) is 24.5 Å². The van der Waals surface area contributed by atoms with Crippen LogP contribution in [-0.4, -0.2) is 37.4 Å². The largest absolute Gasteiger partial charge is 0.573 e. The fourth-order valence-corrected chi connectivity index (χ4v) is 3.70. The molecule has 1 aliphatic heterocycles. The number of nitrogens with zero attached hydrogens (tertiary/aromatic N) is 1. The molecule has 0 aliphatic carbocycles. The van der Waals surface area contributed by atoms with Gasteiger partial charge < -0.3 is 10.1 Å². The van der Waals surface area contributed by atoms with Crippen LogP contribution in [-0.2, 0) is 0 Å². The highest BCUT2D eigenvalue weighted by atomic mass is 79.9. The Hall–Kier alpha value is -0.700. The standard InChI is InChI=1S/C18H17BrClF3N2O.2ClH/c19-13-3-6-16(20)15(11-13)17(25-9-7-24-8-10-25)12-1-4-14(5-2-12)26-18(21,22)23;;/h1-6,11,17,24H,7-10H2;2*1H/t17-;;/m1../s1. The lowest BCUT2D eigenvalue weighted by Crippen LogP contribution is -2.45. The van der Waals surface area contributed by atoms with Gasteiger partial charge >= 0.3 is 6.36 Å². The molecule has 1 atom stereocenters. The van der Waals surface area contributed by atoms with Crippen molar-refractivity contribution in [2.24, 2.45) is 0 Å². The van der Waals surface area contributed by atoms with Crippen molar-refractivity contribution in [3.05, 3.63) is 63.1 Å². The van der Waals surface area contributed by atoms with E-state index >= 15 is 0 Å². The van der Waals surface area contributed by atoms with E-state index in [1.165, 1.54) is 12.1 Å². The predicted molar refractivity (Wildman–Crippen MR) is 113 cm³/mol. The Morgan fingerprint density at radius 1 is 1.04 bits per heavy atom. The monoisotopic (exact) mass is 520 g/mol. The minimum absolute atomic E-state index is 0. The van der Waals surface area contributed by atoms with Gasteiger partial charge in [-0.2, -0.15) is 0 Å². The third-order valence-corrected chi connectivity index (χ3v) is 5.04. The zero-order valence-corrected chi connectivity index (χ0v) is 18.5. The molecule has 3 rings (SSSR count). The van der Waals surface area contributed by atoms with Crippen molar-refractivity contribution in [1.82, 2.24) is 10.2 Å². The number of alkyl halides is 3. The molecule has 0 amide bonds. The van der Waals surface area contributed by atoms with Crippen LogP contribution >= 0.6 is 52.3 Å². The van der Waals surface area contributed by atoms with Gasteiger partial charge in [0.05, 0.1) is 6.04 Å². The van der Waals surface area contributed by atoms with E-state index in [4.69, 9.17) is 11.6 Å². The van der Waals surface area contributed by atoms with Crippen molar-refractivity contribution in [3.63, 3.8) is 0 Å². The smallest absolute Gasteiger partial charge is 0.406 e. The van der Waals surface area contributed by atoms with Gasteiger partial charge in [-0.25, -0.2) is 0 Å². The summed E-state index contributed by atoms with van der Waals surface area (Å²) in [6, 6.07) is 11.5. The summed E-state index contributed by atoms with van der Waals surface area (Å²) in [6.45, 7) is 3.32. The lowest BCUT2D eigenvalue weighted by molar-refractivity contribution is -0.274. The first-order valence-corrected chi connectivity index (χ1v) is 9.26. The van der Waals surface area contributed by atoms with E-state index in [1.54, 1.807) is 12.1 Å². The summed E-state index contributed by atoms with van der Waals surface area (Å²) in [7, 11) is 0. The van der Waals surface area contributed by atoms with Gasteiger partial charge in [-0.1, -0.05) is 39.7 Å². The van der Waals surface area contributed by atoms with Crippen molar-refractivity contribution in [2.45, 2.75) is 12.4 Å². The van der Waals surface area contributed by atoms with E-state index in [2.05, 4.69) is 30.9 Å². The molecule has 0 spiro atoms. The van der Waals surface area contributed by atoms with E-state index in [9.17, 15) is 13.2 Å². The van der Waals surface area contributed by atoms with Gasteiger partial charge in [0.15, 0.2) is 0 Å². The molecule has 0 saturated carbocycles. The van der Waals surface area contributed by atoms with Gasteiger partial charge in [0, 0.05) is 35.7 Å². The van der Waals surface area contributed by atoms with Crippen LogP contribution in [0, 0.1) is 0 Å². The molecule has 0 bridgehead atoms. The fourth-order valence-electron chi connectivity index (χ4n) is 3.10.